The van der Waals surface area contributed by atoms with E-state index in [-0.39, 0.29) is 12.3 Å². The maximum Gasteiger partial charge on any atom is 0.225 e. The normalized spacial score (nSPS) is 10.1. The quantitative estimate of drug-likeness (QED) is 0.805. The fraction of sp³-hybridized carbons (Fsp3) is 0.222. The Labute approximate surface area is 89.0 Å². The zero-order valence-electron chi connectivity index (χ0n) is 7.49. The molecule has 15 heavy (non-hydrogen) atoms. The number of halogens is 4. The lowest BCUT2D eigenvalue weighted by molar-refractivity contribution is -0.115. The fourth-order valence-electron chi connectivity index (χ4n) is 0.949. The van der Waals surface area contributed by atoms with Crippen LogP contribution in [0.4, 0.5) is 18.9 Å². The van der Waals surface area contributed by atoms with Crippen molar-refractivity contribution in [1.82, 2.24) is 0 Å². The molecule has 82 valence electrons. The van der Waals surface area contributed by atoms with Gasteiger partial charge in [0.25, 0.3) is 0 Å². The second-order valence-corrected chi connectivity index (χ2v) is 3.11. The Hall–Kier alpha value is -1.23. The van der Waals surface area contributed by atoms with Gasteiger partial charge in [0.05, 0.1) is 0 Å². The highest BCUT2D eigenvalue weighted by Gasteiger charge is 2.13. The average molecular weight is 238 g/mol. The molecule has 6 heteroatoms. The van der Waals surface area contributed by atoms with Gasteiger partial charge < -0.3 is 5.32 Å². The maximum atomic E-state index is 13.0. The molecule has 0 aliphatic carbocycles. The van der Waals surface area contributed by atoms with Crippen LogP contribution in [0.5, 0.6) is 0 Å². The van der Waals surface area contributed by atoms with Crippen LogP contribution in [0.25, 0.3) is 0 Å². The minimum Gasteiger partial charge on any atom is -0.321 e. The molecule has 1 aromatic carbocycles. The maximum absolute atomic E-state index is 13.0. The Morgan fingerprint density at radius 1 is 1.27 bits per heavy atom. The molecule has 0 aliphatic heterocycles. The van der Waals surface area contributed by atoms with E-state index in [0.717, 1.165) is 0 Å². The van der Waals surface area contributed by atoms with Crippen LogP contribution in [0.1, 0.15) is 6.42 Å². The van der Waals surface area contributed by atoms with Gasteiger partial charge in [-0.1, -0.05) is 0 Å². The number of amides is 1. The van der Waals surface area contributed by atoms with Gasteiger partial charge in [-0.2, -0.15) is 0 Å². The summed E-state index contributed by atoms with van der Waals surface area (Å²) in [6.45, 7) is 0. The lowest BCUT2D eigenvalue weighted by atomic mass is 10.2. The molecule has 1 amide bonds. The number of rotatable bonds is 3. The van der Waals surface area contributed by atoms with Crippen LogP contribution in [0.3, 0.4) is 0 Å². The predicted octanol–water partition coefficient (Wildman–Crippen LogP) is 2.67. The number of carbonyl (C=O) groups is 1. The molecule has 0 spiro atoms. The minimum absolute atomic E-state index is 0.0380. The number of carbonyl (C=O) groups excluding carboxylic acids is 1. The smallest absolute Gasteiger partial charge is 0.225 e. The second kappa shape index (κ2) is 5.02. The van der Waals surface area contributed by atoms with Crippen molar-refractivity contribution in [3.63, 3.8) is 0 Å². The fourth-order valence-corrected chi connectivity index (χ4v) is 1.12. The van der Waals surface area contributed by atoms with Gasteiger partial charge in [0.15, 0.2) is 11.6 Å². The first-order valence-corrected chi connectivity index (χ1v) is 4.58. The van der Waals surface area contributed by atoms with Crippen molar-refractivity contribution in [3.05, 3.63) is 29.6 Å². The third-order valence-electron chi connectivity index (χ3n) is 1.59. The second-order valence-electron chi connectivity index (χ2n) is 2.73. The van der Waals surface area contributed by atoms with E-state index >= 15 is 0 Å². The molecule has 0 atom stereocenters. The van der Waals surface area contributed by atoms with Gasteiger partial charge in [-0.3, -0.25) is 4.79 Å². The molecular formula is C9H7ClF3NO. The van der Waals surface area contributed by atoms with Crippen LogP contribution in [0, 0.1) is 17.5 Å². The van der Waals surface area contributed by atoms with E-state index in [1.807, 2.05) is 5.32 Å². The topological polar surface area (TPSA) is 29.1 Å². The van der Waals surface area contributed by atoms with Crippen LogP contribution >= 0.6 is 11.6 Å². The first-order valence-electron chi connectivity index (χ1n) is 4.05. The van der Waals surface area contributed by atoms with Crippen molar-refractivity contribution < 1.29 is 18.0 Å². The van der Waals surface area contributed by atoms with Crippen molar-refractivity contribution >= 4 is 23.2 Å². The van der Waals surface area contributed by atoms with Gasteiger partial charge in [-0.15, -0.1) is 11.6 Å². The molecule has 2 nitrogen and oxygen atoms in total. The summed E-state index contributed by atoms with van der Waals surface area (Å²) in [6.07, 6.45) is -0.0716. The monoisotopic (exact) mass is 237 g/mol. The number of alkyl halides is 1. The molecule has 1 aromatic rings. The third kappa shape index (κ3) is 3.13. The van der Waals surface area contributed by atoms with Gasteiger partial charge in [0.2, 0.25) is 5.91 Å². The first-order chi connectivity index (χ1) is 7.04. The lowest BCUT2D eigenvalue weighted by Gasteiger charge is -2.06. The molecule has 0 heterocycles. The number of benzene rings is 1. The summed E-state index contributed by atoms with van der Waals surface area (Å²) in [5.41, 5.74) is -0.661. The van der Waals surface area contributed by atoms with Crippen molar-refractivity contribution in [2.24, 2.45) is 0 Å². The molecule has 0 aliphatic rings. The average Bonchev–Trinajstić information content (AvgIpc) is 2.11. The van der Waals surface area contributed by atoms with Gasteiger partial charge in [-0.05, 0) is 0 Å². The Morgan fingerprint density at radius 2 is 1.80 bits per heavy atom. The van der Waals surface area contributed by atoms with Crippen molar-refractivity contribution in [1.29, 1.82) is 0 Å². The van der Waals surface area contributed by atoms with Crippen molar-refractivity contribution in [2.45, 2.75) is 6.42 Å². The summed E-state index contributed by atoms with van der Waals surface area (Å²) >= 11 is 5.26. The summed E-state index contributed by atoms with van der Waals surface area (Å²) in [4.78, 5) is 11.0. The number of hydrogen-bond acceptors (Lipinski definition) is 1. The van der Waals surface area contributed by atoms with E-state index in [2.05, 4.69) is 0 Å². The Morgan fingerprint density at radius 3 is 2.27 bits per heavy atom. The molecule has 1 rings (SSSR count). The van der Waals surface area contributed by atoms with Crippen molar-refractivity contribution in [2.75, 3.05) is 11.2 Å². The molecule has 0 radical (unpaired) electrons. The van der Waals surface area contributed by atoms with Crippen LogP contribution < -0.4 is 5.32 Å². The number of anilines is 1. The molecular weight excluding hydrogens is 231 g/mol. The lowest BCUT2D eigenvalue weighted by Crippen LogP contribution is -2.14. The number of nitrogens with one attached hydrogen (secondary N) is 1. The molecule has 0 aromatic heterocycles. The van der Waals surface area contributed by atoms with Gasteiger partial charge in [-0.25, -0.2) is 13.2 Å². The predicted molar refractivity (Wildman–Crippen MR) is 50.3 cm³/mol. The Bertz CT molecular complexity index is 361. The number of hydrogen-bond donors (Lipinski definition) is 1. The van der Waals surface area contributed by atoms with Crippen LogP contribution in [0.15, 0.2) is 12.1 Å². The van der Waals surface area contributed by atoms with Crippen LogP contribution in [0.2, 0.25) is 0 Å². The highest BCUT2D eigenvalue weighted by molar-refractivity contribution is 6.19. The van der Waals surface area contributed by atoms with Gasteiger partial charge >= 0.3 is 0 Å². The van der Waals surface area contributed by atoms with E-state index in [1.54, 1.807) is 0 Å². The summed E-state index contributed by atoms with van der Waals surface area (Å²) < 4.78 is 38.4. The summed E-state index contributed by atoms with van der Waals surface area (Å²) in [5.74, 6) is -3.95. The molecule has 0 saturated carbocycles. The zero-order chi connectivity index (χ0) is 11.4. The first kappa shape index (κ1) is 11.8. The molecule has 0 fully saturated rings. The van der Waals surface area contributed by atoms with Gasteiger partial charge in [0, 0.05) is 24.4 Å². The molecule has 1 N–H and O–H groups in total. The van der Waals surface area contributed by atoms with Crippen molar-refractivity contribution in [3.8, 4) is 0 Å². The summed E-state index contributed by atoms with van der Waals surface area (Å²) in [6, 6.07) is 0.971. The minimum atomic E-state index is -1.16. The summed E-state index contributed by atoms with van der Waals surface area (Å²) in [7, 11) is 0. The Kier molecular flexibility index (Phi) is 3.96. The largest absolute Gasteiger partial charge is 0.321 e. The van der Waals surface area contributed by atoms with E-state index in [0.29, 0.717) is 12.1 Å². The molecule has 0 unspecified atom stereocenters. The van der Waals surface area contributed by atoms with E-state index < -0.39 is 29.0 Å². The van der Waals surface area contributed by atoms with E-state index in [9.17, 15) is 18.0 Å². The van der Waals surface area contributed by atoms with Gasteiger partial charge in [0.1, 0.15) is 11.5 Å². The Balaban J connectivity index is 2.90. The van der Waals surface area contributed by atoms with E-state index in [4.69, 9.17) is 11.6 Å². The van der Waals surface area contributed by atoms with Crippen LogP contribution in [-0.2, 0) is 4.79 Å². The van der Waals surface area contributed by atoms with E-state index in [1.165, 1.54) is 0 Å². The standard InChI is InChI=1S/C9H7ClF3NO/c10-2-1-8(15)14-9-6(12)3-5(11)4-7(9)13/h3-4H,1-2H2,(H,14,15). The zero-order valence-corrected chi connectivity index (χ0v) is 8.24. The highest BCUT2D eigenvalue weighted by atomic mass is 35.5. The summed E-state index contributed by atoms with van der Waals surface area (Å²) in [5, 5.41) is 1.97. The molecule has 0 saturated heterocycles. The third-order valence-corrected chi connectivity index (χ3v) is 1.78. The highest BCUT2D eigenvalue weighted by Crippen LogP contribution is 2.20. The molecule has 0 bridgehead atoms. The SMILES string of the molecule is O=C(CCCl)Nc1c(F)cc(F)cc1F. The van der Waals surface area contributed by atoms with Crippen LogP contribution in [-0.4, -0.2) is 11.8 Å².